The smallest absolute Gasteiger partial charge is 0.323 e. The van der Waals surface area contributed by atoms with Crippen molar-refractivity contribution in [3.05, 3.63) is 84.6 Å². The molecule has 32 heavy (non-hydrogen) atoms. The number of aromatic nitrogens is 1. The number of nitrogens with zero attached hydrogens (tertiary/aromatic N) is 1. The van der Waals surface area contributed by atoms with Crippen molar-refractivity contribution >= 4 is 50.5 Å². The molecule has 0 saturated heterocycles. The Morgan fingerprint density at radius 2 is 1.62 bits per heavy atom. The Hall–Kier alpha value is -3.75. The third-order valence-corrected chi connectivity index (χ3v) is 6.63. The molecule has 2 amide bonds. The minimum Gasteiger partial charge on any atom is -0.412 e. The molecule has 1 atom stereocenters. The molecule has 5 N–H and O–H groups in total. The standard InChI is InChI=1S/C24H20N4O2S.H2O/c29-24(27-16-5-2-1-3-6-16)28-18-8-4-7-17(15-18)26-21-11-13-25-20-9-10-22-19(23(20)21)12-14-31(22)30;/h1-11,13,15H,12,14H2,(H,25,26)(H2,27,28,29);1H2. The van der Waals surface area contributed by atoms with Crippen LogP contribution in [0.25, 0.3) is 10.9 Å². The van der Waals surface area contributed by atoms with Gasteiger partial charge in [-0.1, -0.05) is 24.3 Å². The molecule has 0 bridgehead atoms. The largest absolute Gasteiger partial charge is 0.412 e. The summed E-state index contributed by atoms with van der Waals surface area (Å²) in [6.45, 7) is 0. The van der Waals surface area contributed by atoms with Gasteiger partial charge >= 0.3 is 6.03 Å². The Morgan fingerprint density at radius 3 is 2.47 bits per heavy atom. The van der Waals surface area contributed by atoms with Crippen LogP contribution in [-0.4, -0.2) is 26.5 Å². The van der Waals surface area contributed by atoms with Crippen molar-refractivity contribution in [3.63, 3.8) is 0 Å². The molecule has 8 heteroatoms. The number of nitrogens with one attached hydrogen (secondary N) is 3. The van der Waals surface area contributed by atoms with Crippen molar-refractivity contribution < 1.29 is 14.5 Å². The van der Waals surface area contributed by atoms with Gasteiger partial charge in [-0.2, -0.15) is 0 Å². The Labute approximate surface area is 187 Å². The van der Waals surface area contributed by atoms with E-state index in [-0.39, 0.29) is 11.5 Å². The molecule has 162 valence electrons. The molecule has 0 radical (unpaired) electrons. The number of amides is 2. The Morgan fingerprint density at radius 1 is 0.875 bits per heavy atom. The van der Waals surface area contributed by atoms with Crippen LogP contribution in [0.3, 0.4) is 0 Å². The second kappa shape index (κ2) is 9.17. The number of benzene rings is 3. The average Bonchev–Trinajstić information content (AvgIpc) is 3.16. The highest BCUT2D eigenvalue weighted by atomic mass is 32.2. The number of hydrogen-bond acceptors (Lipinski definition) is 4. The van der Waals surface area contributed by atoms with Crippen molar-refractivity contribution in [1.82, 2.24) is 4.98 Å². The Bertz CT molecular complexity index is 1310. The van der Waals surface area contributed by atoms with Crippen LogP contribution in [0.5, 0.6) is 0 Å². The maximum Gasteiger partial charge on any atom is 0.323 e. The van der Waals surface area contributed by atoms with Crippen LogP contribution in [-0.2, 0) is 17.2 Å². The van der Waals surface area contributed by atoms with Gasteiger partial charge in [-0.3, -0.25) is 9.19 Å². The molecule has 0 spiro atoms. The zero-order chi connectivity index (χ0) is 21.2. The molecule has 3 aromatic carbocycles. The molecule has 0 saturated carbocycles. The minimum absolute atomic E-state index is 0. The molecule has 5 rings (SSSR count). The lowest BCUT2D eigenvalue weighted by molar-refractivity contribution is 0.262. The number of hydrogen-bond donors (Lipinski definition) is 3. The number of carbonyl (C=O) groups is 1. The topological polar surface area (TPSA) is 115 Å². The fraction of sp³-hybridized carbons (Fsp3) is 0.0833. The van der Waals surface area contributed by atoms with Gasteiger partial charge in [0, 0.05) is 45.0 Å². The highest BCUT2D eigenvalue weighted by Gasteiger charge is 2.22. The first-order valence-electron chi connectivity index (χ1n) is 9.96. The Balaban J connectivity index is 0.00000245. The molecule has 1 unspecified atom stereocenters. The maximum atomic E-state index is 12.3. The van der Waals surface area contributed by atoms with E-state index in [0.29, 0.717) is 11.4 Å². The van der Waals surface area contributed by atoms with Gasteiger partial charge in [-0.15, -0.1) is 0 Å². The molecule has 0 fully saturated rings. The number of fused-ring (bicyclic) bond motifs is 3. The summed E-state index contributed by atoms with van der Waals surface area (Å²) in [5.74, 6) is 0.651. The molecule has 1 aromatic heterocycles. The van der Waals surface area contributed by atoms with Gasteiger partial charge in [-0.05, 0) is 60.5 Å². The second-order valence-electron chi connectivity index (χ2n) is 7.25. The lowest BCUT2D eigenvalue weighted by Crippen LogP contribution is -2.19. The van der Waals surface area contributed by atoms with E-state index in [9.17, 15) is 9.00 Å². The zero-order valence-corrected chi connectivity index (χ0v) is 17.9. The van der Waals surface area contributed by atoms with Crippen molar-refractivity contribution in [1.29, 1.82) is 0 Å². The summed E-state index contributed by atoms with van der Waals surface area (Å²) in [4.78, 5) is 17.7. The van der Waals surface area contributed by atoms with E-state index in [0.717, 1.165) is 44.8 Å². The fourth-order valence-corrected chi connectivity index (χ4v) is 5.12. The average molecular weight is 447 g/mol. The summed E-state index contributed by atoms with van der Waals surface area (Å²) in [6, 6.07) is 22.3. The van der Waals surface area contributed by atoms with Crippen LogP contribution >= 0.6 is 0 Å². The molecule has 1 aliphatic rings. The van der Waals surface area contributed by atoms with Gasteiger partial charge < -0.3 is 21.4 Å². The number of aryl methyl sites for hydroxylation is 1. The molecular formula is C24H22N4O3S. The number of urea groups is 1. The molecule has 1 aliphatic heterocycles. The predicted octanol–water partition coefficient (Wildman–Crippen LogP) is 4.46. The zero-order valence-electron chi connectivity index (χ0n) is 17.1. The molecule has 0 aliphatic carbocycles. The van der Waals surface area contributed by atoms with E-state index in [2.05, 4.69) is 20.9 Å². The van der Waals surface area contributed by atoms with E-state index in [1.54, 1.807) is 6.20 Å². The molecule has 2 heterocycles. The van der Waals surface area contributed by atoms with Gasteiger partial charge in [0.1, 0.15) is 0 Å². The first-order chi connectivity index (χ1) is 15.2. The first kappa shape index (κ1) is 21.5. The monoisotopic (exact) mass is 446 g/mol. The first-order valence-corrected chi connectivity index (χ1v) is 11.3. The highest BCUT2D eigenvalue weighted by molar-refractivity contribution is 7.85. The molecule has 4 aromatic rings. The summed E-state index contributed by atoms with van der Waals surface area (Å²) in [5.41, 5.74) is 5.11. The number of carbonyl (C=O) groups excluding carboxylic acids is 1. The number of para-hydroxylation sites is 1. The summed E-state index contributed by atoms with van der Waals surface area (Å²) < 4.78 is 12.3. The summed E-state index contributed by atoms with van der Waals surface area (Å²) in [5, 5.41) is 10.1. The third kappa shape index (κ3) is 4.32. The quantitative estimate of drug-likeness (QED) is 0.429. The summed E-state index contributed by atoms with van der Waals surface area (Å²) in [6.07, 6.45) is 2.54. The fourth-order valence-electron chi connectivity index (χ4n) is 3.82. The van der Waals surface area contributed by atoms with E-state index in [4.69, 9.17) is 0 Å². The van der Waals surface area contributed by atoms with Crippen LogP contribution in [0.4, 0.5) is 27.5 Å². The van der Waals surface area contributed by atoms with Gasteiger partial charge in [0.15, 0.2) is 0 Å². The van der Waals surface area contributed by atoms with Crippen LogP contribution < -0.4 is 16.0 Å². The summed E-state index contributed by atoms with van der Waals surface area (Å²) >= 11 is 0. The lowest BCUT2D eigenvalue weighted by Gasteiger charge is -2.14. The number of rotatable bonds is 4. The second-order valence-corrected chi connectivity index (χ2v) is 8.78. The van der Waals surface area contributed by atoms with Crippen LogP contribution in [0.2, 0.25) is 0 Å². The van der Waals surface area contributed by atoms with Crippen molar-refractivity contribution in [2.24, 2.45) is 0 Å². The molecular weight excluding hydrogens is 424 g/mol. The van der Waals surface area contributed by atoms with Gasteiger partial charge in [-0.25, -0.2) is 4.79 Å². The van der Waals surface area contributed by atoms with E-state index in [1.807, 2.05) is 72.8 Å². The van der Waals surface area contributed by atoms with Gasteiger partial charge in [0.25, 0.3) is 0 Å². The SMILES string of the molecule is O.O=C(Nc1ccccc1)Nc1cccc(Nc2ccnc3ccc4c(c23)CCS4=O)c1. The van der Waals surface area contributed by atoms with Gasteiger partial charge in [0.2, 0.25) is 0 Å². The van der Waals surface area contributed by atoms with E-state index in [1.165, 1.54) is 0 Å². The minimum atomic E-state index is -0.946. The van der Waals surface area contributed by atoms with Gasteiger partial charge in [0.05, 0.1) is 16.3 Å². The van der Waals surface area contributed by atoms with Crippen LogP contribution in [0.15, 0.2) is 83.9 Å². The molecule has 7 nitrogen and oxygen atoms in total. The van der Waals surface area contributed by atoms with Crippen molar-refractivity contribution in [2.75, 3.05) is 21.7 Å². The van der Waals surface area contributed by atoms with Crippen molar-refractivity contribution in [3.8, 4) is 0 Å². The predicted molar refractivity (Wildman–Crippen MR) is 129 cm³/mol. The highest BCUT2D eigenvalue weighted by Crippen LogP contribution is 2.35. The van der Waals surface area contributed by atoms with Crippen LogP contribution in [0.1, 0.15) is 5.56 Å². The lowest BCUT2D eigenvalue weighted by atomic mass is 10.0. The number of anilines is 4. The van der Waals surface area contributed by atoms with E-state index >= 15 is 0 Å². The normalized spacial score (nSPS) is 14.3. The maximum absolute atomic E-state index is 12.3. The number of pyridine rings is 1. The van der Waals surface area contributed by atoms with E-state index < -0.39 is 10.8 Å². The van der Waals surface area contributed by atoms with Crippen molar-refractivity contribution in [2.45, 2.75) is 11.3 Å². The summed E-state index contributed by atoms with van der Waals surface area (Å²) in [7, 11) is -0.946. The van der Waals surface area contributed by atoms with Crippen LogP contribution in [0, 0.1) is 0 Å². The third-order valence-electron chi connectivity index (χ3n) is 5.19. The Kier molecular flexibility index (Phi) is 6.16.